The van der Waals surface area contributed by atoms with Gasteiger partial charge in [0.1, 0.15) is 5.56 Å². The average Bonchev–Trinajstić information content (AvgIpc) is 2.59. The Labute approximate surface area is 135 Å². The van der Waals surface area contributed by atoms with Crippen LogP contribution in [-0.4, -0.2) is 31.7 Å². The molecule has 0 unspecified atom stereocenters. The molecular formula is C17H20N2O4. The lowest BCUT2D eigenvalue weighted by atomic mass is 10.1. The molecule has 0 aliphatic carbocycles. The number of aromatic nitrogens is 1. The number of nitrogens with one attached hydrogen (secondary N) is 1. The Balaban J connectivity index is 2.14. The summed E-state index contributed by atoms with van der Waals surface area (Å²) < 4.78 is 16.0. The second-order valence-electron chi connectivity index (χ2n) is 4.62. The predicted octanol–water partition coefficient (Wildman–Crippen LogP) is 2.43. The van der Waals surface area contributed by atoms with E-state index >= 15 is 0 Å². The van der Waals surface area contributed by atoms with Crippen LogP contribution in [0.5, 0.6) is 17.4 Å². The van der Waals surface area contributed by atoms with Crippen molar-refractivity contribution in [2.45, 2.75) is 13.5 Å². The molecule has 0 radical (unpaired) electrons. The summed E-state index contributed by atoms with van der Waals surface area (Å²) in [5.74, 6) is 1.29. The van der Waals surface area contributed by atoms with Gasteiger partial charge in [-0.05, 0) is 25.1 Å². The Morgan fingerprint density at radius 2 is 2.00 bits per heavy atom. The number of methoxy groups -OCH3 is 2. The lowest BCUT2D eigenvalue weighted by Crippen LogP contribution is -2.24. The summed E-state index contributed by atoms with van der Waals surface area (Å²) >= 11 is 0. The molecule has 1 N–H and O–H groups in total. The molecule has 2 aromatic rings. The molecule has 23 heavy (non-hydrogen) atoms. The summed E-state index contributed by atoms with van der Waals surface area (Å²) in [5, 5.41) is 2.85. The minimum atomic E-state index is -0.258. The quantitative estimate of drug-likeness (QED) is 0.849. The van der Waals surface area contributed by atoms with Crippen molar-refractivity contribution in [1.82, 2.24) is 10.3 Å². The third-order valence-electron chi connectivity index (χ3n) is 3.22. The summed E-state index contributed by atoms with van der Waals surface area (Å²) in [7, 11) is 3.14. The van der Waals surface area contributed by atoms with E-state index in [0.717, 1.165) is 5.56 Å². The largest absolute Gasteiger partial charge is 0.493 e. The highest BCUT2D eigenvalue weighted by Gasteiger charge is 2.15. The number of carbonyl (C=O) groups excluding carboxylic acids is 1. The molecule has 2 rings (SSSR count). The molecule has 1 aromatic carbocycles. The van der Waals surface area contributed by atoms with Gasteiger partial charge in [-0.25, -0.2) is 4.98 Å². The molecule has 0 fully saturated rings. The van der Waals surface area contributed by atoms with Crippen LogP contribution in [0.15, 0.2) is 36.5 Å². The lowest BCUT2D eigenvalue weighted by molar-refractivity contribution is 0.0946. The van der Waals surface area contributed by atoms with E-state index in [4.69, 9.17) is 14.2 Å². The van der Waals surface area contributed by atoms with Crippen LogP contribution in [0.25, 0.3) is 0 Å². The molecule has 6 heteroatoms. The van der Waals surface area contributed by atoms with Gasteiger partial charge in [-0.1, -0.05) is 12.1 Å². The second kappa shape index (κ2) is 8.03. The second-order valence-corrected chi connectivity index (χ2v) is 4.62. The van der Waals surface area contributed by atoms with Crippen LogP contribution >= 0.6 is 0 Å². The SMILES string of the molecule is CCOc1ncccc1C(=O)NCc1cccc(OC)c1OC. The smallest absolute Gasteiger partial charge is 0.257 e. The lowest BCUT2D eigenvalue weighted by Gasteiger charge is -2.13. The minimum Gasteiger partial charge on any atom is -0.493 e. The summed E-state index contributed by atoms with van der Waals surface area (Å²) in [6, 6.07) is 8.89. The van der Waals surface area contributed by atoms with E-state index in [1.807, 2.05) is 19.1 Å². The summed E-state index contributed by atoms with van der Waals surface area (Å²) in [4.78, 5) is 16.4. The van der Waals surface area contributed by atoms with Crippen LogP contribution in [0.2, 0.25) is 0 Å². The van der Waals surface area contributed by atoms with E-state index in [1.54, 1.807) is 38.6 Å². The molecule has 0 saturated heterocycles. The van der Waals surface area contributed by atoms with Gasteiger partial charge in [-0.15, -0.1) is 0 Å². The van der Waals surface area contributed by atoms with E-state index in [-0.39, 0.29) is 5.91 Å². The first-order chi connectivity index (χ1) is 11.2. The van der Waals surface area contributed by atoms with E-state index in [1.165, 1.54) is 0 Å². The zero-order chi connectivity index (χ0) is 16.7. The fourth-order valence-electron chi connectivity index (χ4n) is 2.18. The third kappa shape index (κ3) is 3.91. The average molecular weight is 316 g/mol. The maximum Gasteiger partial charge on any atom is 0.257 e. The summed E-state index contributed by atoms with van der Waals surface area (Å²) in [6.07, 6.45) is 1.59. The van der Waals surface area contributed by atoms with Crippen molar-refractivity contribution >= 4 is 5.91 Å². The van der Waals surface area contributed by atoms with Gasteiger partial charge in [0.25, 0.3) is 5.91 Å². The van der Waals surface area contributed by atoms with E-state index < -0.39 is 0 Å². The Kier molecular flexibility index (Phi) is 5.80. The predicted molar refractivity (Wildman–Crippen MR) is 86.1 cm³/mol. The number of pyridine rings is 1. The van der Waals surface area contributed by atoms with Crippen LogP contribution in [-0.2, 0) is 6.54 Å². The zero-order valence-corrected chi connectivity index (χ0v) is 13.5. The fourth-order valence-corrected chi connectivity index (χ4v) is 2.18. The molecule has 6 nitrogen and oxygen atoms in total. The van der Waals surface area contributed by atoms with E-state index in [0.29, 0.717) is 36.1 Å². The highest BCUT2D eigenvalue weighted by atomic mass is 16.5. The third-order valence-corrected chi connectivity index (χ3v) is 3.22. The molecule has 0 bridgehead atoms. The van der Waals surface area contributed by atoms with Gasteiger partial charge in [0.2, 0.25) is 5.88 Å². The number of hydrogen-bond acceptors (Lipinski definition) is 5. The standard InChI is InChI=1S/C17H20N2O4/c1-4-23-17-13(8-6-10-18-17)16(20)19-11-12-7-5-9-14(21-2)15(12)22-3/h5-10H,4,11H2,1-3H3,(H,19,20). The molecule has 1 amide bonds. The summed E-state index contributed by atoms with van der Waals surface area (Å²) in [5.41, 5.74) is 1.22. The Morgan fingerprint density at radius 1 is 1.17 bits per heavy atom. The topological polar surface area (TPSA) is 69.7 Å². The number of benzene rings is 1. The Morgan fingerprint density at radius 3 is 2.70 bits per heavy atom. The molecule has 122 valence electrons. The van der Waals surface area contributed by atoms with Crippen LogP contribution < -0.4 is 19.5 Å². The molecule has 1 aromatic heterocycles. The number of nitrogens with zero attached hydrogens (tertiary/aromatic N) is 1. The van der Waals surface area contributed by atoms with Gasteiger partial charge in [-0.3, -0.25) is 4.79 Å². The molecular weight excluding hydrogens is 296 g/mol. The molecule has 0 spiro atoms. The number of carbonyl (C=O) groups is 1. The van der Waals surface area contributed by atoms with Crippen LogP contribution in [0, 0.1) is 0 Å². The van der Waals surface area contributed by atoms with Crippen molar-refractivity contribution < 1.29 is 19.0 Å². The van der Waals surface area contributed by atoms with Crippen molar-refractivity contribution in [2.24, 2.45) is 0 Å². The van der Waals surface area contributed by atoms with Crippen LogP contribution in [0.1, 0.15) is 22.8 Å². The number of para-hydroxylation sites is 1. The number of rotatable bonds is 7. The summed E-state index contributed by atoms with van der Waals surface area (Å²) in [6.45, 7) is 2.60. The van der Waals surface area contributed by atoms with Gasteiger partial charge in [0, 0.05) is 18.3 Å². The molecule has 0 aliphatic rings. The highest BCUT2D eigenvalue weighted by Crippen LogP contribution is 2.30. The monoisotopic (exact) mass is 316 g/mol. The first-order valence-electron chi connectivity index (χ1n) is 7.27. The molecule has 0 aliphatic heterocycles. The van der Waals surface area contributed by atoms with Gasteiger partial charge < -0.3 is 19.5 Å². The minimum absolute atomic E-state index is 0.258. The number of hydrogen-bond donors (Lipinski definition) is 1. The normalized spacial score (nSPS) is 10.0. The maximum absolute atomic E-state index is 12.4. The fraction of sp³-hybridized carbons (Fsp3) is 0.294. The van der Waals surface area contributed by atoms with Gasteiger partial charge in [0.05, 0.1) is 20.8 Å². The van der Waals surface area contributed by atoms with Crippen molar-refractivity contribution in [2.75, 3.05) is 20.8 Å². The first-order valence-corrected chi connectivity index (χ1v) is 7.27. The molecule has 0 atom stereocenters. The van der Waals surface area contributed by atoms with Crippen molar-refractivity contribution in [3.63, 3.8) is 0 Å². The zero-order valence-electron chi connectivity index (χ0n) is 13.5. The van der Waals surface area contributed by atoms with Crippen molar-refractivity contribution in [3.8, 4) is 17.4 Å². The van der Waals surface area contributed by atoms with Gasteiger partial charge in [-0.2, -0.15) is 0 Å². The van der Waals surface area contributed by atoms with Crippen molar-refractivity contribution in [1.29, 1.82) is 0 Å². The van der Waals surface area contributed by atoms with E-state index in [9.17, 15) is 4.79 Å². The van der Waals surface area contributed by atoms with Gasteiger partial charge >= 0.3 is 0 Å². The Hall–Kier alpha value is -2.76. The van der Waals surface area contributed by atoms with Crippen LogP contribution in [0.3, 0.4) is 0 Å². The van der Waals surface area contributed by atoms with Crippen LogP contribution in [0.4, 0.5) is 0 Å². The number of amides is 1. The maximum atomic E-state index is 12.4. The Bertz CT molecular complexity index is 673. The molecule has 0 saturated carbocycles. The molecule has 1 heterocycles. The number of ether oxygens (including phenoxy) is 3. The van der Waals surface area contributed by atoms with E-state index in [2.05, 4.69) is 10.3 Å². The van der Waals surface area contributed by atoms with Gasteiger partial charge in [0.15, 0.2) is 11.5 Å². The highest BCUT2D eigenvalue weighted by molar-refractivity contribution is 5.96. The van der Waals surface area contributed by atoms with Crippen molar-refractivity contribution in [3.05, 3.63) is 47.7 Å². The first kappa shape index (κ1) is 16.6.